The van der Waals surface area contributed by atoms with E-state index in [2.05, 4.69) is 44.6 Å². The number of anilines is 3. The van der Waals surface area contributed by atoms with E-state index in [0.717, 1.165) is 22.9 Å². The van der Waals surface area contributed by atoms with Crippen LogP contribution in [0.2, 0.25) is 0 Å². The Morgan fingerprint density at radius 3 is 2.50 bits per heavy atom. The molecule has 5 nitrogen and oxygen atoms in total. The Kier molecular flexibility index (Phi) is 3.83. The Balaban J connectivity index is 1.67. The van der Waals surface area contributed by atoms with Gasteiger partial charge in [0, 0.05) is 24.0 Å². The van der Waals surface area contributed by atoms with Gasteiger partial charge in [-0.05, 0) is 44.0 Å². The molecule has 120 valence electrons. The number of nitrogens with one attached hydrogen (secondary N) is 2. The lowest BCUT2D eigenvalue weighted by Crippen LogP contribution is -2.08. The van der Waals surface area contributed by atoms with Gasteiger partial charge >= 0.3 is 0 Å². The maximum atomic E-state index is 4.61. The summed E-state index contributed by atoms with van der Waals surface area (Å²) in [6.07, 6.45) is 4.13. The molecule has 1 aliphatic carbocycles. The highest BCUT2D eigenvalue weighted by atomic mass is 15.2. The average Bonchev–Trinajstić information content (AvgIpc) is 3.42. The van der Waals surface area contributed by atoms with Crippen LogP contribution in [0.1, 0.15) is 18.4 Å². The van der Waals surface area contributed by atoms with Crippen molar-refractivity contribution in [3.05, 3.63) is 60.3 Å². The van der Waals surface area contributed by atoms with E-state index in [4.69, 9.17) is 0 Å². The summed E-state index contributed by atoms with van der Waals surface area (Å²) in [5.41, 5.74) is 3.88. The van der Waals surface area contributed by atoms with Crippen molar-refractivity contribution in [3.63, 3.8) is 0 Å². The van der Waals surface area contributed by atoms with Crippen LogP contribution in [0, 0.1) is 6.92 Å². The summed E-state index contributed by atoms with van der Waals surface area (Å²) in [5.74, 6) is 1.41. The van der Waals surface area contributed by atoms with E-state index in [-0.39, 0.29) is 0 Å². The Hall–Kier alpha value is -2.95. The molecule has 0 bridgehead atoms. The minimum Gasteiger partial charge on any atom is -0.351 e. The Labute approximate surface area is 141 Å². The molecule has 2 heterocycles. The number of benzene rings is 1. The van der Waals surface area contributed by atoms with Gasteiger partial charge in [-0.1, -0.05) is 23.8 Å². The largest absolute Gasteiger partial charge is 0.351 e. The van der Waals surface area contributed by atoms with Crippen LogP contribution < -0.4 is 10.6 Å². The first-order valence-electron chi connectivity index (χ1n) is 8.17. The molecule has 0 radical (unpaired) electrons. The molecule has 0 aliphatic heterocycles. The Morgan fingerprint density at radius 1 is 0.958 bits per heavy atom. The SMILES string of the molecule is Cc1ccc(Nc2cc(-c3ccccn3)nc(NC3CC3)n2)cc1. The molecular formula is C19H19N5. The van der Waals surface area contributed by atoms with Crippen molar-refractivity contribution in [1.82, 2.24) is 15.0 Å². The van der Waals surface area contributed by atoms with Gasteiger partial charge in [-0.2, -0.15) is 4.98 Å². The molecule has 0 saturated heterocycles. The molecule has 0 atom stereocenters. The maximum Gasteiger partial charge on any atom is 0.225 e. The van der Waals surface area contributed by atoms with Gasteiger partial charge in [0.2, 0.25) is 5.95 Å². The molecule has 1 saturated carbocycles. The highest BCUT2D eigenvalue weighted by Crippen LogP contribution is 2.26. The monoisotopic (exact) mass is 317 g/mol. The van der Waals surface area contributed by atoms with Crippen molar-refractivity contribution in [1.29, 1.82) is 0 Å². The number of aromatic nitrogens is 3. The third kappa shape index (κ3) is 3.51. The van der Waals surface area contributed by atoms with Gasteiger partial charge < -0.3 is 10.6 Å². The molecule has 24 heavy (non-hydrogen) atoms. The predicted molar refractivity (Wildman–Crippen MR) is 96.4 cm³/mol. The highest BCUT2D eigenvalue weighted by molar-refractivity contribution is 5.65. The van der Waals surface area contributed by atoms with E-state index in [9.17, 15) is 0 Å². The fourth-order valence-electron chi connectivity index (χ4n) is 2.42. The zero-order chi connectivity index (χ0) is 16.4. The smallest absolute Gasteiger partial charge is 0.225 e. The highest BCUT2D eigenvalue weighted by Gasteiger charge is 2.22. The number of hydrogen-bond donors (Lipinski definition) is 2. The molecule has 1 aliphatic rings. The number of pyridine rings is 1. The third-order valence-corrected chi connectivity index (χ3v) is 3.89. The second-order valence-corrected chi connectivity index (χ2v) is 6.09. The summed E-state index contributed by atoms with van der Waals surface area (Å²) in [6, 6.07) is 16.5. The van der Waals surface area contributed by atoms with Crippen molar-refractivity contribution in [2.75, 3.05) is 10.6 Å². The van der Waals surface area contributed by atoms with Gasteiger partial charge in [0.1, 0.15) is 5.82 Å². The van der Waals surface area contributed by atoms with Crippen molar-refractivity contribution in [2.45, 2.75) is 25.8 Å². The van der Waals surface area contributed by atoms with E-state index < -0.39 is 0 Å². The van der Waals surface area contributed by atoms with Crippen molar-refractivity contribution >= 4 is 17.5 Å². The topological polar surface area (TPSA) is 62.7 Å². The van der Waals surface area contributed by atoms with E-state index in [0.29, 0.717) is 12.0 Å². The van der Waals surface area contributed by atoms with Crippen molar-refractivity contribution < 1.29 is 0 Å². The van der Waals surface area contributed by atoms with Crippen LogP contribution >= 0.6 is 0 Å². The van der Waals surface area contributed by atoms with E-state index in [1.165, 1.54) is 18.4 Å². The second-order valence-electron chi connectivity index (χ2n) is 6.09. The van der Waals surface area contributed by atoms with Gasteiger partial charge in [0.15, 0.2) is 0 Å². The number of aryl methyl sites for hydroxylation is 1. The summed E-state index contributed by atoms with van der Waals surface area (Å²) in [5, 5.41) is 6.73. The van der Waals surface area contributed by atoms with Crippen LogP contribution in [0.15, 0.2) is 54.7 Å². The Morgan fingerprint density at radius 2 is 1.79 bits per heavy atom. The number of rotatable bonds is 5. The summed E-state index contributed by atoms with van der Waals surface area (Å²) in [4.78, 5) is 13.6. The van der Waals surface area contributed by atoms with Crippen molar-refractivity contribution in [2.24, 2.45) is 0 Å². The van der Waals surface area contributed by atoms with E-state index in [1.807, 2.05) is 36.4 Å². The van der Waals surface area contributed by atoms with Gasteiger partial charge in [0.25, 0.3) is 0 Å². The lowest BCUT2D eigenvalue weighted by molar-refractivity contribution is 1.05. The van der Waals surface area contributed by atoms with Crippen LogP contribution in [0.5, 0.6) is 0 Å². The predicted octanol–water partition coefficient (Wildman–Crippen LogP) is 4.16. The summed E-state index contributed by atoms with van der Waals surface area (Å²) < 4.78 is 0. The molecule has 0 amide bonds. The van der Waals surface area contributed by atoms with Crippen LogP contribution in [0.25, 0.3) is 11.4 Å². The summed E-state index contributed by atoms with van der Waals surface area (Å²) in [7, 11) is 0. The standard InChI is InChI=1S/C19H19N5/c1-13-5-7-14(8-6-13)21-18-12-17(16-4-2-3-11-20-16)23-19(24-18)22-15-9-10-15/h2-8,11-12,15H,9-10H2,1H3,(H2,21,22,23,24). The minimum absolute atomic E-state index is 0.496. The normalized spacial score (nSPS) is 13.5. The van der Waals surface area contributed by atoms with Gasteiger partial charge in [-0.3, -0.25) is 4.98 Å². The first kappa shape index (κ1) is 14.6. The molecule has 4 rings (SSSR count). The second kappa shape index (κ2) is 6.28. The van der Waals surface area contributed by atoms with Crippen LogP contribution in [-0.4, -0.2) is 21.0 Å². The molecule has 2 N–H and O–H groups in total. The number of hydrogen-bond acceptors (Lipinski definition) is 5. The molecule has 0 spiro atoms. The van der Waals surface area contributed by atoms with Crippen LogP contribution in [0.3, 0.4) is 0 Å². The quantitative estimate of drug-likeness (QED) is 0.739. The molecule has 3 aromatic rings. The molecule has 5 heteroatoms. The maximum absolute atomic E-state index is 4.61. The lowest BCUT2D eigenvalue weighted by atomic mass is 10.2. The van der Waals surface area contributed by atoms with Crippen LogP contribution in [-0.2, 0) is 0 Å². The van der Waals surface area contributed by atoms with E-state index in [1.54, 1.807) is 6.20 Å². The summed E-state index contributed by atoms with van der Waals surface area (Å²) >= 11 is 0. The number of nitrogens with zero attached hydrogens (tertiary/aromatic N) is 3. The fourth-order valence-corrected chi connectivity index (χ4v) is 2.42. The summed E-state index contributed by atoms with van der Waals surface area (Å²) in [6.45, 7) is 2.07. The lowest BCUT2D eigenvalue weighted by Gasteiger charge is -2.11. The van der Waals surface area contributed by atoms with Crippen molar-refractivity contribution in [3.8, 4) is 11.4 Å². The zero-order valence-corrected chi connectivity index (χ0v) is 13.5. The van der Waals surface area contributed by atoms with Gasteiger partial charge in [-0.25, -0.2) is 4.98 Å². The molecule has 2 aromatic heterocycles. The van der Waals surface area contributed by atoms with Gasteiger partial charge in [0.05, 0.1) is 11.4 Å². The molecular weight excluding hydrogens is 298 g/mol. The molecule has 0 unspecified atom stereocenters. The fraction of sp³-hybridized carbons (Fsp3) is 0.211. The minimum atomic E-state index is 0.496. The third-order valence-electron chi connectivity index (χ3n) is 3.89. The molecule has 1 fully saturated rings. The van der Waals surface area contributed by atoms with E-state index >= 15 is 0 Å². The van der Waals surface area contributed by atoms with Crippen LogP contribution in [0.4, 0.5) is 17.5 Å². The Bertz CT molecular complexity index is 826. The zero-order valence-electron chi connectivity index (χ0n) is 13.5. The average molecular weight is 317 g/mol. The van der Waals surface area contributed by atoms with Gasteiger partial charge in [-0.15, -0.1) is 0 Å². The molecule has 1 aromatic carbocycles. The first-order chi connectivity index (χ1) is 11.8. The first-order valence-corrected chi connectivity index (χ1v) is 8.17.